The van der Waals surface area contributed by atoms with Crippen molar-refractivity contribution in [3.63, 3.8) is 0 Å². The van der Waals surface area contributed by atoms with Crippen LogP contribution >= 0.6 is 0 Å². The first kappa shape index (κ1) is 23.2. The Hall–Kier alpha value is -2.94. The molecule has 3 unspecified atom stereocenters. The quantitative estimate of drug-likeness (QED) is 0.634. The van der Waals surface area contributed by atoms with Crippen LogP contribution in [-0.4, -0.2) is 57.5 Å². The van der Waals surface area contributed by atoms with E-state index in [9.17, 15) is 9.59 Å². The minimum Gasteiger partial charge on any atom is -0.373 e. The highest BCUT2D eigenvalue weighted by Gasteiger charge is 2.30. The number of rotatable bonds is 7. The minimum absolute atomic E-state index is 0.0216. The maximum atomic E-state index is 15.0. The molecule has 2 aliphatic heterocycles. The topological polar surface area (TPSA) is 72.6 Å². The second-order valence-electron chi connectivity index (χ2n) is 9.18. The van der Waals surface area contributed by atoms with Gasteiger partial charge in [-0.05, 0) is 25.8 Å². The third kappa shape index (κ3) is 5.03. The van der Waals surface area contributed by atoms with Crippen LogP contribution in [0.5, 0.6) is 0 Å². The Bertz CT molecular complexity index is 1130. The molecule has 0 amide bonds. The van der Waals surface area contributed by atoms with Crippen molar-refractivity contribution in [1.82, 2.24) is 19.0 Å². The van der Waals surface area contributed by atoms with Crippen LogP contribution in [0.15, 0.2) is 46.1 Å². The maximum Gasteiger partial charge on any atom is 0.355 e. The lowest BCUT2D eigenvalue weighted by Gasteiger charge is -2.41. The fourth-order valence-electron chi connectivity index (χ4n) is 4.60. The number of likely N-dealkylation sites (tertiary alicyclic amines) is 1. The van der Waals surface area contributed by atoms with Crippen molar-refractivity contribution in [2.24, 2.45) is 0 Å². The molecule has 0 radical (unpaired) electrons. The van der Waals surface area contributed by atoms with Gasteiger partial charge in [-0.15, -0.1) is 0 Å². The fraction of sp³-hybridized carbons (Fsp3) is 0.542. The number of hydrogen-bond donors (Lipinski definition) is 0. The number of benzene rings is 1. The summed E-state index contributed by atoms with van der Waals surface area (Å²) >= 11 is 0. The SMILES string of the molecule is C=C1CC(OCc2ccc(C)cc2)CC(C)N1CC(F)Cn1c(=O)nc2n(c1=O)CCN2C. The fourth-order valence-corrected chi connectivity index (χ4v) is 4.60. The number of hydrogen-bond acceptors (Lipinski definition) is 6. The minimum atomic E-state index is -1.40. The highest BCUT2D eigenvalue weighted by molar-refractivity contribution is 5.31. The average Bonchev–Trinajstić information content (AvgIpc) is 3.14. The highest BCUT2D eigenvalue weighted by Crippen LogP contribution is 2.28. The Morgan fingerprint density at radius 1 is 1.21 bits per heavy atom. The largest absolute Gasteiger partial charge is 0.373 e. The molecule has 33 heavy (non-hydrogen) atoms. The van der Waals surface area contributed by atoms with Gasteiger partial charge in [0.25, 0.3) is 0 Å². The number of aryl methyl sites for hydroxylation is 1. The molecule has 0 saturated carbocycles. The second kappa shape index (κ2) is 9.51. The van der Waals surface area contributed by atoms with Gasteiger partial charge in [-0.3, -0.25) is 4.57 Å². The molecule has 4 rings (SSSR count). The van der Waals surface area contributed by atoms with Gasteiger partial charge in [-0.2, -0.15) is 4.98 Å². The molecule has 2 aliphatic rings. The third-order valence-corrected chi connectivity index (χ3v) is 6.52. The van der Waals surface area contributed by atoms with E-state index in [0.717, 1.165) is 22.2 Å². The van der Waals surface area contributed by atoms with Crippen LogP contribution < -0.4 is 16.3 Å². The number of likely N-dealkylation sites (N-methyl/N-ethyl adjacent to an activating group) is 1. The monoisotopic (exact) mass is 457 g/mol. The number of fused-ring (bicyclic) bond motifs is 1. The first-order chi connectivity index (χ1) is 15.7. The molecular formula is C24H32FN5O3. The molecule has 1 fully saturated rings. The third-order valence-electron chi connectivity index (χ3n) is 6.52. The van der Waals surface area contributed by atoms with Crippen molar-refractivity contribution in [3.05, 3.63) is 68.6 Å². The Morgan fingerprint density at radius 2 is 1.94 bits per heavy atom. The number of piperidine rings is 1. The second-order valence-corrected chi connectivity index (χ2v) is 9.18. The molecule has 8 nitrogen and oxygen atoms in total. The summed E-state index contributed by atoms with van der Waals surface area (Å²) in [5.41, 5.74) is 1.92. The maximum absolute atomic E-state index is 15.0. The Kier molecular flexibility index (Phi) is 6.69. The number of alkyl halides is 1. The molecule has 178 valence electrons. The number of nitrogens with zero attached hydrogens (tertiary/aromatic N) is 5. The Morgan fingerprint density at radius 3 is 2.64 bits per heavy atom. The van der Waals surface area contributed by atoms with E-state index < -0.39 is 17.6 Å². The number of halogens is 1. The van der Waals surface area contributed by atoms with Gasteiger partial charge in [-0.1, -0.05) is 36.4 Å². The number of ether oxygens (including phenoxy) is 1. The van der Waals surface area contributed by atoms with E-state index in [1.165, 1.54) is 10.1 Å². The zero-order valence-corrected chi connectivity index (χ0v) is 19.5. The number of anilines is 1. The molecule has 1 saturated heterocycles. The smallest absolute Gasteiger partial charge is 0.355 e. The highest BCUT2D eigenvalue weighted by atomic mass is 19.1. The Balaban J connectivity index is 1.35. The standard InChI is InChI=1S/C24H32FN5O3/c1-16-5-7-19(8-6-16)15-33-21-11-17(2)29(18(3)12-21)13-20(25)14-30-23(31)26-22-27(4)9-10-28(22)24(30)32/h5-8,18,20-21H,2,9-15H2,1,3-4H3. The predicted molar refractivity (Wildman–Crippen MR) is 125 cm³/mol. The van der Waals surface area contributed by atoms with Gasteiger partial charge in [0.2, 0.25) is 5.95 Å². The van der Waals surface area contributed by atoms with E-state index in [2.05, 4.69) is 42.8 Å². The van der Waals surface area contributed by atoms with Gasteiger partial charge in [0.1, 0.15) is 6.17 Å². The van der Waals surface area contributed by atoms with E-state index in [4.69, 9.17) is 4.74 Å². The summed E-state index contributed by atoms with van der Waals surface area (Å²) < 4.78 is 23.5. The molecule has 9 heteroatoms. The summed E-state index contributed by atoms with van der Waals surface area (Å²) in [7, 11) is 1.77. The zero-order valence-electron chi connectivity index (χ0n) is 19.5. The first-order valence-electron chi connectivity index (χ1n) is 11.4. The van der Waals surface area contributed by atoms with Crippen molar-refractivity contribution < 1.29 is 9.13 Å². The molecule has 1 aromatic heterocycles. The summed E-state index contributed by atoms with van der Waals surface area (Å²) in [5, 5.41) is 0. The van der Waals surface area contributed by atoms with Crippen LogP contribution in [0, 0.1) is 6.92 Å². The van der Waals surface area contributed by atoms with Crippen LogP contribution in [0.4, 0.5) is 10.3 Å². The first-order valence-corrected chi connectivity index (χ1v) is 11.4. The van der Waals surface area contributed by atoms with Gasteiger partial charge >= 0.3 is 11.4 Å². The number of aromatic nitrogens is 3. The molecule has 0 bridgehead atoms. The average molecular weight is 458 g/mol. The molecule has 3 atom stereocenters. The predicted octanol–water partition coefficient (Wildman–Crippen LogP) is 2.08. The molecule has 1 aromatic carbocycles. The van der Waals surface area contributed by atoms with Gasteiger partial charge in [0.15, 0.2) is 0 Å². The van der Waals surface area contributed by atoms with Gasteiger partial charge in [0.05, 0.1) is 25.8 Å². The molecule has 3 heterocycles. The molecular weight excluding hydrogens is 425 g/mol. The summed E-state index contributed by atoms with van der Waals surface area (Å²) in [5.74, 6) is 0.339. The van der Waals surface area contributed by atoms with E-state index in [1.807, 2.05) is 11.8 Å². The summed E-state index contributed by atoms with van der Waals surface area (Å²) in [6.07, 6.45) is -0.00179. The van der Waals surface area contributed by atoms with E-state index in [0.29, 0.717) is 32.1 Å². The molecule has 0 N–H and O–H groups in total. The van der Waals surface area contributed by atoms with Crippen molar-refractivity contribution >= 4 is 5.95 Å². The van der Waals surface area contributed by atoms with Gasteiger partial charge < -0.3 is 14.5 Å². The van der Waals surface area contributed by atoms with Crippen LogP contribution in [0.25, 0.3) is 0 Å². The lowest BCUT2D eigenvalue weighted by molar-refractivity contribution is -0.00752. The van der Waals surface area contributed by atoms with E-state index >= 15 is 4.39 Å². The van der Waals surface area contributed by atoms with Crippen molar-refractivity contribution in [3.8, 4) is 0 Å². The Labute approximate surface area is 192 Å². The van der Waals surface area contributed by atoms with Gasteiger partial charge in [-0.25, -0.2) is 18.5 Å². The lowest BCUT2D eigenvalue weighted by atomic mass is 9.97. The zero-order chi connectivity index (χ0) is 23.7. The summed E-state index contributed by atoms with van der Waals surface area (Å²) in [6.45, 7) is 9.54. The van der Waals surface area contributed by atoms with Crippen molar-refractivity contribution in [2.75, 3.05) is 25.0 Å². The van der Waals surface area contributed by atoms with E-state index in [-0.39, 0.29) is 25.2 Å². The van der Waals surface area contributed by atoms with Crippen molar-refractivity contribution in [2.45, 2.75) is 64.7 Å². The normalized spacial score (nSPS) is 21.4. The van der Waals surface area contributed by atoms with Crippen LogP contribution in [-0.2, 0) is 24.4 Å². The van der Waals surface area contributed by atoms with Crippen molar-refractivity contribution in [1.29, 1.82) is 0 Å². The van der Waals surface area contributed by atoms with Crippen LogP contribution in [0.3, 0.4) is 0 Å². The molecule has 2 aromatic rings. The summed E-state index contributed by atoms with van der Waals surface area (Å²) in [6, 6.07) is 8.29. The van der Waals surface area contributed by atoms with Crippen LogP contribution in [0.2, 0.25) is 0 Å². The summed E-state index contributed by atoms with van der Waals surface area (Å²) in [4.78, 5) is 32.7. The molecule has 0 spiro atoms. The molecule has 0 aliphatic carbocycles. The lowest BCUT2D eigenvalue weighted by Crippen LogP contribution is -2.47. The van der Waals surface area contributed by atoms with Gasteiger partial charge in [0, 0.05) is 38.3 Å². The van der Waals surface area contributed by atoms with Crippen LogP contribution in [0.1, 0.15) is 30.9 Å². The van der Waals surface area contributed by atoms with E-state index in [1.54, 1.807) is 11.9 Å².